The van der Waals surface area contributed by atoms with Gasteiger partial charge < -0.3 is 4.42 Å². The van der Waals surface area contributed by atoms with E-state index in [1.807, 2.05) is 97.1 Å². The minimum Gasteiger partial charge on any atom is -0.455 e. The monoisotopic (exact) mass is 666 g/mol. The minimum absolute atomic E-state index is 0.546. The maximum absolute atomic E-state index is 10.1. The van der Waals surface area contributed by atoms with Gasteiger partial charge in [-0.2, -0.15) is 5.26 Å². The summed E-state index contributed by atoms with van der Waals surface area (Å²) >= 11 is 0. The SMILES string of the molecule is Cc1ccccc1-c1cc(-c2ccccc2C#N)c2oc3cccc(-c4nc(-c5ccccc5)nc(-c5ccc(-c6ccccc6)cc5)n4)c3c2c1. The lowest BCUT2D eigenvalue weighted by Gasteiger charge is -2.12. The summed E-state index contributed by atoms with van der Waals surface area (Å²) < 4.78 is 6.73. The largest absolute Gasteiger partial charge is 0.455 e. The van der Waals surface area contributed by atoms with Crippen LogP contribution in [0.1, 0.15) is 11.1 Å². The number of hydrogen-bond acceptors (Lipinski definition) is 5. The summed E-state index contributed by atoms with van der Waals surface area (Å²) in [6.07, 6.45) is 0. The molecule has 52 heavy (non-hydrogen) atoms. The average Bonchev–Trinajstić information content (AvgIpc) is 3.60. The molecule has 0 bridgehead atoms. The van der Waals surface area contributed by atoms with Crippen LogP contribution in [-0.4, -0.2) is 15.0 Å². The van der Waals surface area contributed by atoms with Crippen molar-refractivity contribution in [1.29, 1.82) is 5.26 Å². The first kappa shape index (κ1) is 30.9. The lowest BCUT2D eigenvalue weighted by Crippen LogP contribution is -2.00. The second-order valence-electron chi connectivity index (χ2n) is 12.8. The molecule has 0 saturated carbocycles. The van der Waals surface area contributed by atoms with E-state index in [1.165, 1.54) is 0 Å². The Bertz CT molecular complexity index is 2800. The highest BCUT2D eigenvalue weighted by Crippen LogP contribution is 2.44. The molecule has 244 valence electrons. The summed E-state index contributed by atoms with van der Waals surface area (Å²) in [5.41, 5.74) is 11.9. The number of hydrogen-bond donors (Lipinski definition) is 0. The van der Waals surface area contributed by atoms with E-state index in [0.717, 1.165) is 66.4 Å². The van der Waals surface area contributed by atoms with Gasteiger partial charge in [0.05, 0.1) is 11.6 Å². The van der Waals surface area contributed by atoms with Gasteiger partial charge in [-0.3, -0.25) is 0 Å². The molecule has 0 amide bonds. The summed E-state index contributed by atoms with van der Waals surface area (Å²) in [7, 11) is 0. The molecule has 7 aromatic carbocycles. The fourth-order valence-electron chi connectivity index (χ4n) is 6.97. The molecule has 2 aromatic heterocycles. The van der Waals surface area contributed by atoms with Crippen molar-refractivity contribution in [3.63, 3.8) is 0 Å². The molecule has 0 saturated heterocycles. The third-order valence-electron chi connectivity index (χ3n) is 9.55. The van der Waals surface area contributed by atoms with Gasteiger partial charge in [-0.25, -0.2) is 15.0 Å². The van der Waals surface area contributed by atoms with Crippen molar-refractivity contribution in [3.8, 4) is 73.6 Å². The number of nitrogens with zero attached hydrogens (tertiary/aromatic N) is 4. The molecule has 2 heterocycles. The van der Waals surface area contributed by atoms with Crippen LogP contribution in [0.25, 0.3) is 89.5 Å². The van der Waals surface area contributed by atoms with E-state index in [4.69, 9.17) is 19.4 Å². The number of rotatable bonds is 6. The van der Waals surface area contributed by atoms with Gasteiger partial charge in [-0.1, -0.05) is 140 Å². The highest BCUT2D eigenvalue weighted by molar-refractivity contribution is 6.16. The molecule has 0 spiro atoms. The van der Waals surface area contributed by atoms with Crippen LogP contribution in [0.5, 0.6) is 0 Å². The van der Waals surface area contributed by atoms with Crippen molar-refractivity contribution in [1.82, 2.24) is 15.0 Å². The molecule has 5 nitrogen and oxygen atoms in total. The maximum Gasteiger partial charge on any atom is 0.164 e. The van der Waals surface area contributed by atoms with E-state index in [1.54, 1.807) is 0 Å². The van der Waals surface area contributed by atoms with Gasteiger partial charge in [-0.15, -0.1) is 0 Å². The molecule has 0 aliphatic carbocycles. The van der Waals surface area contributed by atoms with Crippen molar-refractivity contribution in [2.75, 3.05) is 0 Å². The predicted molar refractivity (Wildman–Crippen MR) is 209 cm³/mol. The molecular formula is C47H30N4O. The number of fused-ring (bicyclic) bond motifs is 3. The van der Waals surface area contributed by atoms with E-state index in [-0.39, 0.29) is 0 Å². The molecule has 0 N–H and O–H groups in total. The summed E-state index contributed by atoms with van der Waals surface area (Å²) in [5, 5.41) is 11.9. The Morgan fingerprint density at radius 2 is 1.02 bits per heavy atom. The van der Waals surface area contributed by atoms with Crippen molar-refractivity contribution in [2.24, 2.45) is 0 Å². The van der Waals surface area contributed by atoms with E-state index >= 15 is 0 Å². The van der Waals surface area contributed by atoms with E-state index in [0.29, 0.717) is 34.2 Å². The Labute approximate surface area is 301 Å². The van der Waals surface area contributed by atoms with Gasteiger partial charge >= 0.3 is 0 Å². The topological polar surface area (TPSA) is 75.6 Å². The van der Waals surface area contributed by atoms with Crippen molar-refractivity contribution in [2.45, 2.75) is 6.92 Å². The average molecular weight is 667 g/mol. The highest BCUT2D eigenvalue weighted by Gasteiger charge is 2.22. The van der Waals surface area contributed by atoms with Crippen LogP contribution in [0, 0.1) is 18.3 Å². The van der Waals surface area contributed by atoms with Crippen molar-refractivity contribution < 1.29 is 4.42 Å². The maximum atomic E-state index is 10.1. The lowest BCUT2D eigenvalue weighted by atomic mass is 9.91. The van der Waals surface area contributed by atoms with Crippen LogP contribution in [0.3, 0.4) is 0 Å². The molecule has 0 aliphatic rings. The number of aromatic nitrogens is 3. The lowest BCUT2D eigenvalue weighted by molar-refractivity contribution is 0.670. The smallest absolute Gasteiger partial charge is 0.164 e. The molecule has 0 aliphatic heterocycles. The second-order valence-corrected chi connectivity index (χ2v) is 12.8. The standard InChI is InChI=1S/C47H30N4O/c1-30-13-8-10-19-37(30)36-27-40(38-20-11-9-18-35(38)29-48)44-41(28-36)43-39(21-12-22-42(43)52-44)47-50-45(33-16-6-3-7-17-33)49-46(51-47)34-25-23-32(24-26-34)31-14-4-2-5-15-31/h2-28H,1H3. The summed E-state index contributed by atoms with van der Waals surface area (Å²) in [6.45, 7) is 2.12. The Morgan fingerprint density at radius 3 is 1.73 bits per heavy atom. The molecule has 0 atom stereocenters. The minimum atomic E-state index is 0.546. The molecular weight excluding hydrogens is 637 g/mol. The summed E-state index contributed by atoms with van der Waals surface area (Å²) in [6, 6.07) is 57.4. The Hall–Kier alpha value is -7.16. The number of benzene rings is 7. The summed E-state index contributed by atoms with van der Waals surface area (Å²) in [4.78, 5) is 15.2. The molecule has 0 unspecified atom stereocenters. The number of aryl methyl sites for hydroxylation is 1. The zero-order chi connectivity index (χ0) is 35.0. The van der Waals surface area contributed by atoms with Crippen LogP contribution in [0.2, 0.25) is 0 Å². The fourth-order valence-corrected chi connectivity index (χ4v) is 6.97. The van der Waals surface area contributed by atoms with Gasteiger partial charge in [0.15, 0.2) is 17.5 Å². The van der Waals surface area contributed by atoms with Crippen LogP contribution in [0.4, 0.5) is 0 Å². The zero-order valence-corrected chi connectivity index (χ0v) is 28.3. The van der Waals surface area contributed by atoms with Crippen molar-refractivity contribution >= 4 is 21.9 Å². The zero-order valence-electron chi connectivity index (χ0n) is 28.3. The Balaban J connectivity index is 1.30. The Kier molecular flexibility index (Phi) is 7.68. The van der Waals surface area contributed by atoms with Gasteiger partial charge in [0.1, 0.15) is 11.2 Å². The Morgan fingerprint density at radius 1 is 0.462 bits per heavy atom. The number of nitriles is 1. The van der Waals surface area contributed by atoms with Crippen LogP contribution < -0.4 is 0 Å². The highest BCUT2D eigenvalue weighted by atomic mass is 16.3. The van der Waals surface area contributed by atoms with E-state index in [9.17, 15) is 5.26 Å². The van der Waals surface area contributed by atoms with Gasteiger partial charge in [0, 0.05) is 38.6 Å². The van der Waals surface area contributed by atoms with Crippen LogP contribution in [0.15, 0.2) is 168 Å². The number of furan rings is 1. The second kappa shape index (κ2) is 12.9. The first-order valence-electron chi connectivity index (χ1n) is 17.2. The third kappa shape index (κ3) is 5.49. The quantitative estimate of drug-likeness (QED) is 0.176. The van der Waals surface area contributed by atoms with Gasteiger partial charge in [-0.05, 0) is 59.0 Å². The summed E-state index contributed by atoms with van der Waals surface area (Å²) in [5.74, 6) is 1.71. The molecule has 5 heteroatoms. The van der Waals surface area contributed by atoms with E-state index in [2.05, 4.69) is 79.7 Å². The molecule has 0 fully saturated rings. The van der Waals surface area contributed by atoms with Crippen molar-refractivity contribution in [3.05, 3.63) is 175 Å². The van der Waals surface area contributed by atoms with Gasteiger partial charge in [0.25, 0.3) is 0 Å². The first-order valence-corrected chi connectivity index (χ1v) is 17.2. The molecule has 9 rings (SSSR count). The molecule has 9 aromatic rings. The predicted octanol–water partition coefficient (Wildman–Crippen LogP) is 12.0. The van der Waals surface area contributed by atoms with Crippen LogP contribution in [-0.2, 0) is 0 Å². The molecule has 0 radical (unpaired) electrons. The third-order valence-corrected chi connectivity index (χ3v) is 9.55. The normalized spacial score (nSPS) is 11.2. The first-order chi connectivity index (χ1) is 25.6. The van der Waals surface area contributed by atoms with Crippen LogP contribution >= 0.6 is 0 Å². The fraction of sp³-hybridized carbons (Fsp3) is 0.0213. The van der Waals surface area contributed by atoms with E-state index < -0.39 is 0 Å². The van der Waals surface area contributed by atoms with Gasteiger partial charge in [0.2, 0.25) is 0 Å².